The van der Waals surface area contributed by atoms with E-state index in [-0.39, 0.29) is 5.54 Å². The monoisotopic (exact) mass is 323 g/mol. The molecule has 1 aromatic rings. The number of hydrogen-bond acceptors (Lipinski definition) is 4. The van der Waals surface area contributed by atoms with Crippen molar-refractivity contribution in [3.8, 4) is 0 Å². The lowest BCUT2D eigenvalue weighted by atomic mass is 9.86. The standard InChI is InChI=1S/C16H25N3O2S/c1-14-5-3-6-15(17-14)13-18-11-8-16(9-12-18)7-4-10-19(16)22(2,20)21/h3,5-6H,4,7-13H2,1-2H3. The van der Waals surface area contributed by atoms with Crippen molar-refractivity contribution in [2.24, 2.45) is 0 Å². The minimum absolute atomic E-state index is 0.121. The first-order chi connectivity index (χ1) is 10.4. The summed E-state index contributed by atoms with van der Waals surface area (Å²) in [5.41, 5.74) is 2.02. The molecule has 22 heavy (non-hydrogen) atoms. The Bertz CT molecular complexity index is 637. The van der Waals surface area contributed by atoms with Gasteiger partial charge in [0.15, 0.2) is 0 Å². The Morgan fingerprint density at radius 3 is 2.55 bits per heavy atom. The predicted molar refractivity (Wildman–Crippen MR) is 87.0 cm³/mol. The highest BCUT2D eigenvalue weighted by Crippen LogP contribution is 2.40. The number of aryl methyl sites for hydroxylation is 1. The van der Waals surface area contributed by atoms with Crippen molar-refractivity contribution in [1.82, 2.24) is 14.2 Å². The first-order valence-electron chi connectivity index (χ1n) is 8.02. The molecule has 2 aliphatic rings. The third-order valence-electron chi connectivity index (χ3n) is 5.05. The molecular formula is C16H25N3O2S. The fourth-order valence-corrected chi connectivity index (χ4v) is 5.41. The second-order valence-corrected chi connectivity index (χ2v) is 8.62. The van der Waals surface area contributed by atoms with Gasteiger partial charge in [-0.1, -0.05) is 6.07 Å². The number of pyridine rings is 1. The quantitative estimate of drug-likeness (QED) is 0.851. The van der Waals surface area contributed by atoms with Crippen LogP contribution in [0.1, 0.15) is 37.1 Å². The molecule has 5 nitrogen and oxygen atoms in total. The Morgan fingerprint density at radius 1 is 1.18 bits per heavy atom. The minimum Gasteiger partial charge on any atom is -0.297 e. The molecule has 122 valence electrons. The average molecular weight is 323 g/mol. The van der Waals surface area contributed by atoms with Crippen LogP contribution in [0.25, 0.3) is 0 Å². The summed E-state index contributed by atoms with van der Waals surface area (Å²) in [5.74, 6) is 0. The van der Waals surface area contributed by atoms with Crippen LogP contribution in [-0.4, -0.2) is 54.0 Å². The molecule has 0 amide bonds. The summed E-state index contributed by atoms with van der Waals surface area (Å²) in [6, 6.07) is 6.12. The molecule has 0 radical (unpaired) electrons. The number of nitrogens with zero attached hydrogens (tertiary/aromatic N) is 3. The molecule has 0 atom stereocenters. The van der Waals surface area contributed by atoms with Crippen molar-refractivity contribution in [2.45, 2.75) is 44.7 Å². The molecule has 0 unspecified atom stereocenters. The maximum atomic E-state index is 12.0. The van der Waals surface area contributed by atoms with Gasteiger partial charge in [0.05, 0.1) is 11.9 Å². The zero-order chi connectivity index (χ0) is 15.8. The normalized spacial score (nSPS) is 23.2. The van der Waals surface area contributed by atoms with E-state index in [1.807, 2.05) is 19.1 Å². The second-order valence-electron chi connectivity index (χ2n) is 6.71. The number of sulfonamides is 1. The van der Waals surface area contributed by atoms with Crippen molar-refractivity contribution >= 4 is 10.0 Å². The van der Waals surface area contributed by atoms with Gasteiger partial charge in [0, 0.05) is 37.4 Å². The third-order valence-corrected chi connectivity index (χ3v) is 6.42. The maximum absolute atomic E-state index is 12.0. The van der Waals surface area contributed by atoms with Gasteiger partial charge < -0.3 is 0 Å². The van der Waals surface area contributed by atoms with E-state index in [1.54, 1.807) is 4.31 Å². The summed E-state index contributed by atoms with van der Waals surface area (Å²) in [6.45, 7) is 5.45. The highest BCUT2D eigenvalue weighted by molar-refractivity contribution is 7.88. The molecule has 0 saturated carbocycles. The highest BCUT2D eigenvalue weighted by Gasteiger charge is 2.47. The fourth-order valence-electron chi connectivity index (χ4n) is 3.97. The lowest BCUT2D eigenvalue weighted by molar-refractivity contribution is 0.0976. The van der Waals surface area contributed by atoms with Crippen molar-refractivity contribution in [1.29, 1.82) is 0 Å². The van der Waals surface area contributed by atoms with Crippen LogP contribution in [0.4, 0.5) is 0 Å². The van der Waals surface area contributed by atoms with E-state index in [0.29, 0.717) is 6.54 Å². The van der Waals surface area contributed by atoms with Gasteiger partial charge in [0.1, 0.15) is 0 Å². The smallest absolute Gasteiger partial charge is 0.211 e. The Kier molecular flexibility index (Phi) is 4.27. The Hall–Kier alpha value is -0.980. The van der Waals surface area contributed by atoms with E-state index in [4.69, 9.17) is 0 Å². The molecule has 0 aliphatic carbocycles. The van der Waals surface area contributed by atoms with Crippen LogP contribution in [-0.2, 0) is 16.6 Å². The molecule has 2 saturated heterocycles. The summed E-state index contributed by atoms with van der Waals surface area (Å²) >= 11 is 0. The van der Waals surface area contributed by atoms with Gasteiger partial charge >= 0.3 is 0 Å². The maximum Gasteiger partial charge on any atom is 0.211 e. The van der Waals surface area contributed by atoms with Crippen LogP contribution in [0.3, 0.4) is 0 Å². The minimum atomic E-state index is -3.09. The summed E-state index contributed by atoms with van der Waals surface area (Å²) in [7, 11) is -3.09. The molecular weight excluding hydrogens is 298 g/mol. The first kappa shape index (κ1) is 15.9. The van der Waals surface area contributed by atoms with E-state index in [2.05, 4.69) is 16.0 Å². The largest absolute Gasteiger partial charge is 0.297 e. The number of rotatable bonds is 3. The van der Waals surface area contributed by atoms with E-state index in [9.17, 15) is 8.42 Å². The van der Waals surface area contributed by atoms with Crippen molar-refractivity contribution in [2.75, 3.05) is 25.9 Å². The predicted octanol–water partition coefficient (Wildman–Crippen LogP) is 1.78. The van der Waals surface area contributed by atoms with Crippen LogP contribution in [0, 0.1) is 6.92 Å². The summed E-state index contributed by atoms with van der Waals surface area (Å²) in [6.07, 6.45) is 5.23. The fraction of sp³-hybridized carbons (Fsp3) is 0.688. The zero-order valence-electron chi connectivity index (χ0n) is 13.5. The van der Waals surface area contributed by atoms with Gasteiger partial charge in [0.25, 0.3) is 0 Å². The summed E-state index contributed by atoms with van der Waals surface area (Å²) in [4.78, 5) is 6.96. The Labute approximate surface area is 133 Å². The van der Waals surface area contributed by atoms with E-state index >= 15 is 0 Å². The SMILES string of the molecule is Cc1cccc(CN2CCC3(CCCN3S(C)(=O)=O)CC2)n1. The van der Waals surface area contributed by atoms with Crippen LogP contribution >= 0.6 is 0 Å². The number of likely N-dealkylation sites (tertiary alicyclic amines) is 1. The number of aromatic nitrogens is 1. The topological polar surface area (TPSA) is 53.5 Å². The van der Waals surface area contributed by atoms with Crippen LogP contribution in [0.5, 0.6) is 0 Å². The number of piperidine rings is 1. The van der Waals surface area contributed by atoms with Gasteiger partial charge in [0.2, 0.25) is 10.0 Å². The Morgan fingerprint density at radius 2 is 1.91 bits per heavy atom. The molecule has 3 heterocycles. The van der Waals surface area contributed by atoms with Gasteiger partial charge in [-0.2, -0.15) is 4.31 Å². The molecule has 2 aliphatic heterocycles. The summed E-state index contributed by atoms with van der Waals surface area (Å²) in [5, 5.41) is 0. The average Bonchev–Trinajstić information content (AvgIpc) is 2.85. The van der Waals surface area contributed by atoms with Crippen molar-refractivity contribution in [3.63, 3.8) is 0 Å². The second kappa shape index (κ2) is 5.91. The zero-order valence-corrected chi connectivity index (χ0v) is 14.3. The van der Waals surface area contributed by atoms with Crippen LogP contribution in [0.15, 0.2) is 18.2 Å². The first-order valence-corrected chi connectivity index (χ1v) is 9.87. The lowest BCUT2D eigenvalue weighted by Crippen LogP contribution is -2.53. The van der Waals surface area contributed by atoms with Crippen molar-refractivity contribution in [3.05, 3.63) is 29.6 Å². The van der Waals surface area contributed by atoms with Crippen LogP contribution in [0.2, 0.25) is 0 Å². The molecule has 2 fully saturated rings. The van der Waals surface area contributed by atoms with Gasteiger partial charge in [-0.3, -0.25) is 9.88 Å². The van der Waals surface area contributed by atoms with Crippen LogP contribution < -0.4 is 0 Å². The molecule has 0 aromatic carbocycles. The van der Waals surface area contributed by atoms with E-state index in [1.165, 1.54) is 6.26 Å². The molecule has 6 heteroatoms. The molecule has 3 rings (SSSR count). The van der Waals surface area contributed by atoms with E-state index < -0.39 is 10.0 Å². The van der Waals surface area contributed by atoms with E-state index in [0.717, 1.165) is 56.7 Å². The highest BCUT2D eigenvalue weighted by atomic mass is 32.2. The molecule has 1 spiro atoms. The van der Waals surface area contributed by atoms with Gasteiger partial charge in [-0.15, -0.1) is 0 Å². The molecule has 1 aromatic heterocycles. The van der Waals surface area contributed by atoms with Gasteiger partial charge in [-0.05, 0) is 44.7 Å². The molecule has 0 bridgehead atoms. The lowest BCUT2D eigenvalue weighted by Gasteiger charge is -2.43. The van der Waals surface area contributed by atoms with Crippen molar-refractivity contribution < 1.29 is 8.42 Å². The molecule has 0 N–H and O–H groups in total. The Balaban J connectivity index is 1.65. The third kappa shape index (κ3) is 3.19. The van der Waals surface area contributed by atoms with Gasteiger partial charge in [-0.25, -0.2) is 8.42 Å². The number of hydrogen-bond donors (Lipinski definition) is 0. The summed E-state index contributed by atoms with van der Waals surface area (Å²) < 4.78 is 25.8.